The third-order valence-corrected chi connectivity index (χ3v) is 2.50. The first-order valence-electron chi connectivity index (χ1n) is 5.41. The molecule has 0 bridgehead atoms. The minimum atomic E-state index is 0.0407. The normalized spacial score (nSPS) is 10.4. The van der Waals surface area contributed by atoms with E-state index < -0.39 is 0 Å². The van der Waals surface area contributed by atoms with Gasteiger partial charge in [0.05, 0.1) is 0 Å². The Morgan fingerprint density at radius 3 is 2.75 bits per heavy atom. The van der Waals surface area contributed by atoms with Gasteiger partial charge in [0.1, 0.15) is 5.76 Å². The minimum absolute atomic E-state index is 0.0407. The molecule has 0 unspecified atom stereocenters. The van der Waals surface area contributed by atoms with Crippen LogP contribution in [0, 0.1) is 6.92 Å². The average Bonchev–Trinajstić information content (AvgIpc) is 2.77. The van der Waals surface area contributed by atoms with E-state index >= 15 is 0 Å². The van der Waals surface area contributed by atoms with Crippen molar-refractivity contribution in [2.24, 2.45) is 0 Å². The van der Waals surface area contributed by atoms with Crippen molar-refractivity contribution in [3.63, 3.8) is 0 Å². The van der Waals surface area contributed by atoms with E-state index in [4.69, 9.17) is 4.42 Å². The molecule has 1 heterocycles. The first kappa shape index (κ1) is 10.7. The summed E-state index contributed by atoms with van der Waals surface area (Å²) in [6.45, 7) is 3.86. The first-order valence-corrected chi connectivity index (χ1v) is 5.41. The van der Waals surface area contributed by atoms with Gasteiger partial charge in [-0.1, -0.05) is 30.7 Å². The fourth-order valence-corrected chi connectivity index (χ4v) is 1.62. The van der Waals surface area contributed by atoms with Crippen LogP contribution in [0.2, 0.25) is 0 Å². The average molecular weight is 214 g/mol. The smallest absolute Gasteiger partial charge is 0.197 e. The molecule has 0 radical (unpaired) electrons. The van der Waals surface area contributed by atoms with Gasteiger partial charge in [0.15, 0.2) is 11.5 Å². The molecule has 0 amide bonds. The topological polar surface area (TPSA) is 30.2 Å². The number of benzene rings is 1. The molecule has 0 spiro atoms. The monoisotopic (exact) mass is 214 g/mol. The SMILES string of the molecule is CCC(=O)c1ccc(-c2cccc(C)c2)o1. The standard InChI is InChI=1S/C14H14O2/c1-3-12(15)14-8-7-13(16-14)11-6-4-5-10(2)9-11/h4-9H,3H2,1-2H3. The van der Waals surface area contributed by atoms with Crippen molar-refractivity contribution in [3.8, 4) is 11.3 Å². The number of rotatable bonds is 3. The lowest BCUT2D eigenvalue weighted by molar-refractivity contribution is 0.0962. The van der Waals surface area contributed by atoms with Crippen LogP contribution in [-0.4, -0.2) is 5.78 Å². The van der Waals surface area contributed by atoms with E-state index in [0.717, 1.165) is 11.3 Å². The van der Waals surface area contributed by atoms with Crippen molar-refractivity contribution in [1.29, 1.82) is 0 Å². The fraction of sp³-hybridized carbons (Fsp3) is 0.214. The van der Waals surface area contributed by atoms with Crippen LogP contribution < -0.4 is 0 Å². The molecule has 0 saturated heterocycles. The number of ketones is 1. The van der Waals surface area contributed by atoms with Gasteiger partial charge in [0.25, 0.3) is 0 Å². The predicted molar refractivity (Wildman–Crippen MR) is 63.5 cm³/mol. The highest BCUT2D eigenvalue weighted by molar-refractivity contribution is 5.93. The maximum atomic E-state index is 11.4. The van der Waals surface area contributed by atoms with E-state index in [1.165, 1.54) is 5.56 Å². The van der Waals surface area contributed by atoms with Crippen molar-refractivity contribution >= 4 is 5.78 Å². The van der Waals surface area contributed by atoms with Crippen LogP contribution in [0.15, 0.2) is 40.8 Å². The van der Waals surface area contributed by atoms with Crippen molar-refractivity contribution in [2.75, 3.05) is 0 Å². The zero-order chi connectivity index (χ0) is 11.5. The van der Waals surface area contributed by atoms with E-state index in [0.29, 0.717) is 12.2 Å². The van der Waals surface area contributed by atoms with Crippen molar-refractivity contribution < 1.29 is 9.21 Å². The van der Waals surface area contributed by atoms with Crippen molar-refractivity contribution in [3.05, 3.63) is 47.7 Å². The second-order valence-electron chi connectivity index (χ2n) is 3.81. The van der Waals surface area contributed by atoms with Crippen LogP contribution in [0.3, 0.4) is 0 Å². The molecule has 2 rings (SSSR count). The Morgan fingerprint density at radius 1 is 1.25 bits per heavy atom. The summed E-state index contributed by atoms with van der Waals surface area (Å²) in [5, 5.41) is 0. The van der Waals surface area contributed by atoms with Crippen molar-refractivity contribution in [1.82, 2.24) is 0 Å². The molecule has 0 aliphatic rings. The van der Waals surface area contributed by atoms with Gasteiger partial charge in [-0.15, -0.1) is 0 Å². The fourth-order valence-electron chi connectivity index (χ4n) is 1.62. The summed E-state index contributed by atoms with van der Waals surface area (Å²) in [5.41, 5.74) is 2.19. The third-order valence-electron chi connectivity index (χ3n) is 2.50. The highest BCUT2D eigenvalue weighted by Crippen LogP contribution is 2.23. The Balaban J connectivity index is 2.35. The summed E-state index contributed by atoms with van der Waals surface area (Å²) in [6.07, 6.45) is 0.473. The second kappa shape index (κ2) is 4.35. The van der Waals surface area contributed by atoms with E-state index in [1.54, 1.807) is 6.07 Å². The van der Waals surface area contributed by atoms with Gasteiger partial charge in [-0.2, -0.15) is 0 Å². The molecular weight excluding hydrogens is 200 g/mol. The third kappa shape index (κ3) is 2.06. The molecule has 0 N–H and O–H groups in total. The van der Waals surface area contributed by atoms with Crippen LogP contribution in [-0.2, 0) is 0 Å². The number of furan rings is 1. The predicted octanol–water partition coefficient (Wildman–Crippen LogP) is 3.85. The zero-order valence-corrected chi connectivity index (χ0v) is 9.49. The molecule has 2 aromatic rings. The maximum absolute atomic E-state index is 11.4. The molecule has 0 saturated carbocycles. The Morgan fingerprint density at radius 2 is 2.06 bits per heavy atom. The van der Waals surface area contributed by atoms with Gasteiger partial charge in [0.2, 0.25) is 0 Å². The molecule has 1 aromatic carbocycles. The zero-order valence-electron chi connectivity index (χ0n) is 9.49. The molecule has 2 nitrogen and oxygen atoms in total. The van der Waals surface area contributed by atoms with Crippen molar-refractivity contribution in [2.45, 2.75) is 20.3 Å². The minimum Gasteiger partial charge on any atom is -0.453 e. The largest absolute Gasteiger partial charge is 0.453 e. The highest BCUT2D eigenvalue weighted by Gasteiger charge is 2.09. The first-order chi connectivity index (χ1) is 7.70. The van der Waals surface area contributed by atoms with Gasteiger partial charge < -0.3 is 4.42 Å². The summed E-state index contributed by atoms with van der Waals surface area (Å²) >= 11 is 0. The van der Waals surface area contributed by atoms with Gasteiger partial charge in [0, 0.05) is 12.0 Å². The number of aryl methyl sites for hydroxylation is 1. The lowest BCUT2D eigenvalue weighted by Crippen LogP contribution is -1.92. The van der Waals surface area contributed by atoms with Crippen LogP contribution in [0.25, 0.3) is 11.3 Å². The number of carbonyl (C=O) groups excluding carboxylic acids is 1. The van der Waals surface area contributed by atoms with E-state index in [9.17, 15) is 4.79 Å². The van der Waals surface area contributed by atoms with Gasteiger partial charge in [-0.05, 0) is 25.1 Å². The summed E-state index contributed by atoms with van der Waals surface area (Å²) in [7, 11) is 0. The van der Waals surface area contributed by atoms with E-state index in [2.05, 4.69) is 0 Å². The van der Waals surface area contributed by atoms with Crippen LogP contribution in [0.1, 0.15) is 29.5 Å². The molecule has 1 aromatic heterocycles. The van der Waals surface area contributed by atoms with Gasteiger partial charge in [-0.3, -0.25) is 4.79 Å². The highest BCUT2D eigenvalue weighted by atomic mass is 16.3. The van der Waals surface area contributed by atoms with Gasteiger partial charge in [-0.25, -0.2) is 0 Å². The van der Waals surface area contributed by atoms with E-state index in [1.807, 2.05) is 44.2 Å². The second-order valence-corrected chi connectivity index (χ2v) is 3.81. The quantitative estimate of drug-likeness (QED) is 0.726. The molecule has 82 valence electrons. The molecule has 0 fully saturated rings. The summed E-state index contributed by atoms with van der Waals surface area (Å²) in [5.74, 6) is 1.23. The molecule has 0 atom stereocenters. The number of carbonyl (C=O) groups is 1. The number of Topliss-reactive ketones (excluding diaryl/α,β-unsaturated/α-hetero) is 1. The lowest BCUT2D eigenvalue weighted by Gasteiger charge is -1.98. The molecule has 2 heteroatoms. The molecule has 16 heavy (non-hydrogen) atoms. The number of hydrogen-bond donors (Lipinski definition) is 0. The molecular formula is C14H14O2. The van der Waals surface area contributed by atoms with Gasteiger partial charge >= 0.3 is 0 Å². The van der Waals surface area contributed by atoms with E-state index in [-0.39, 0.29) is 5.78 Å². The summed E-state index contributed by atoms with van der Waals surface area (Å²) in [6, 6.07) is 11.6. The van der Waals surface area contributed by atoms with Crippen LogP contribution >= 0.6 is 0 Å². The number of hydrogen-bond acceptors (Lipinski definition) is 2. The maximum Gasteiger partial charge on any atom is 0.197 e. The Hall–Kier alpha value is -1.83. The molecule has 0 aliphatic carbocycles. The summed E-state index contributed by atoms with van der Waals surface area (Å²) in [4.78, 5) is 11.4. The van der Waals surface area contributed by atoms with Crippen LogP contribution in [0.5, 0.6) is 0 Å². The Labute approximate surface area is 94.9 Å². The lowest BCUT2D eigenvalue weighted by atomic mass is 10.1. The molecule has 0 aliphatic heterocycles. The van der Waals surface area contributed by atoms with Crippen LogP contribution in [0.4, 0.5) is 0 Å². The summed E-state index contributed by atoms with van der Waals surface area (Å²) < 4.78 is 5.53. The Bertz CT molecular complexity index is 509. The Kier molecular flexibility index (Phi) is 2.91.